The number of aliphatic hydroxyl groups is 1. The van der Waals surface area contributed by atoms with Crippen molar-refractivity contribution in [1.29, 1.82) is 0 Å². The van der Waals surface area contributed by atoms with Gasteiger partial charge in [0, 0.05) is 18.8 Å². The topological polar surface area (TPSA) is 46.3 Å². The van der Waals surface area contributed by atoms with Gasteiger partial charge in [-0.05, 0) is 39.7 Å². The monoisotopic (exact) mass is 267 g/mol. The van der Waals surface area contributed by atoms with E-state index >= 15 is 0 Å². The van der Waals surface area contributed by atoms with Crippen molar-refractivity contribution in [3.8, 4) is 0 Å². The van der Waals surface area contributed by atoms with Crippen molar-refractivity contribution in [2.45, 2.75) is 12.5 Å². The minimum atomic E-state index is -0.628. The molecule has 2 heterocycles. The molecule has 2 rings (SSSR count). The van der Waals surface area contributed by atoms with Crippen LogP contribution in [-0.4, -0.2) is 10.1 Å². The number of rotatable bonds is 3. The maximum absolute atomic E-state index is 9.90. The van der Waals surface area contributed by atoms with E-state index in [1.54, 1.807) is 24.7 Å². The first-order valence-corrected chi connectivity index (χ1v) is 5.36. The summed E-state index contributed by atoms with van der Waals surface area (Å²) < 4.78 is 5.98. The predicted molar refractivity (Wildman–Crippen MR) is 59.3 cm³/mol. The lowest BCUT2D eigenvalue weighted by Gasteiger charge is -2.07. The van der Waals surface area contributed by atoms with Crippen LogP contribution in [0.4, 0.5) is 0 Å². The molecule has 15 heavy (non-hydrogen) atoms. The van der Waals surface area contributed by atoms with Gasteiger partial charge in [-0.1, -0.05) is 0 Å². The Morgan fingerprint density at radius 3 is 2.67 bits per heavy atom. The van der Waals surface area contributed by atoms with Crippen molar-refractivity contribution in [1.82, 2.24) is 4.98 Å². The lowest BCUT2D eigenvalue weighted by molar-refractivity contribution is 0.149. The minimum Gasteiger partial charge on any atom is -0.465 e. The van der Waals surface area contributed by atoms with E-state index in [1.165, 1.54) is 0 Å². The molecular weight excluding hydrogens is 258 g/mol. The molecule has 0 aliphatic carbocycles. The highest BCUT2D eigenvalue weighted by molar-refractivity contribution is 9.10. The smallest absolute Gasteiger partial charge is 0.146 e. The van der Waals surface area contributed by atoms with Gasteiger partial charge in [-0.25, -0.2) is 0 Å². The van der Waals surface area contributed by atoms with E-state index in [9.17, 15) is 5.11 Å². The quantitative estimate of drug-likeness (QED) is 0.930. The summed E-state index contributed by atoms with van der Waals surface area (Å²) in [5.74, 6) is 0.562. The van der Waals surface area contributed by atoms with E-state index < -0.39 is 6.10 Å². The summed E-state index contributed by atoms with van der Waals surface area (Å²) in [6.45, 7) is 0. The first kappa shape index (κ1) is 10.4. The number of pyridine rings is 1. The Labute approximate surface area is 95.9 Å². The number of hydrogen-bond acceptors (Lipinski definition) is 3. The number of furan rings is 1. The number of hydrogen-bond donors (Lipinski definition) is 1. The van der Waals surface area contributed by atoms with Crippen molar-refractivity contribution in [3.05, 3.63) is 52.7 Å². The molecule has 0 spiro atoms. The second-order valence-corrected chi connectivity index (χ2v) is 4.06. The first-order valence-electron chi connectivity index (χ1n) is 4.57. The van der Waals surface area contributed by atoms with Crippen LogP contribution in [-0.2, 0) is 6.42 Å². The average Bonchev–Trinajstić information content (AvgIpc) is 2.66. The van der Waals surface area contributed by atoms with Crippen LogP contribution in [0.15, 0.2) is 45.7 Å². The zero-order chi connectivity index (χ0) is 10.7. The van der Waals surface area contributed by atoms with Gasteiger partial charge in [-0.3, -0.25) is 4.98 Å². The molecule has 1 N–H and O–H groups in total. The van der Waals surface area contributed by atoms with Crippen LogP contribution in [0.5, 0.6) is 0 Å². The molecule has 0 aliphatic heterocycles. The minimum absolute atomic E-state index is 0.522. The van der Waals surface area contributed by atoms with Gasteiger partial charge in [0.25, 0.3) is 0 Å². The highest BCUT2D eigenvalue weighted by Gasteiger charge is 2.15. The third kappa shape index (κ3) is 2.46. The van der Waals surface area contributed by atoms with Gasteiger partial charge >= 0.3 is 0 Å². The average molecular weight is 268 g/mol. The molecule has 2 aromatic heterocycles. The van der Waals surface area contributed by atoms with Crippen LogP contribution in [0.25, 0.3) is 0 Å². The number of aliphatic hydroxyl groups excluding tert-OH is 1. The summed E-state index contributed by atoms with van der Waals surface area (Å²) in [5, 5.41) is 9.90. The Hall–Kier alpha value is -1.13. The van der Waals surface area contributed by atoms with Crippen molar-refractivity contribution in [2.24, 2.45) is 0 Å². The van der Waals surface area contributed by atoms with Gasteiger partial charge in [0.1, 0.15) is 11.9 Å². The van der Waals surface area contributed by atoms with E-state index in [0.717, 1.165) is 10.0 Å². The molecule has 0 saturated carbocycles. The number of aromatic nitrogens is 1. The highest BCUT2D eigenvalue weighted by atomic mass is 79.9. The summed E-state index contributed by atoms with van der Waals surface area (Å²) in [7, 11) is 0. The molecule has 1 unspecified atom stereocenters. The fourth-order valence-electron chi connectivity index (χ4n) is 1.38. The molecule has 1 atom stereocenters. The number of nitrogens with zero attached hydrogens (tertiary/aromatic N) is 1. The summed E-state index contributed by atoms with van der Waals surface area (Å²) in [4.78, 5) is 3.92. The Kier molecular flexibility index (Phi) is 3.18. The van der Waals surface area contributed by atoms with Crippen LogP contribution in [0.1, 0.15) is 17.4 Å². The third-order valence-corrected chi connectivity index (χ3v) is 2.78. The molecule has 0 bridgehead atoms. The van der Waals surface area contributed by atoms with Crippen molar-refractivity contribution in [3.63, 3.8) is 0 Å². The zero-order valence-electron chi connectivity index (χ0n) is 7.93. The van der Waals surface area contributed by atoms with Crippen LogP contribution in [0, 0.1) is 0 Å². The van der Waals surface area contributed by atoms with Crippen LogP contribution < -0.4 is 0 Å². The molecule has 0 aliphatic rings. The second kappa shape index (κ2) is 4.59. The molecule has 0 fully saturated rings. The fourth-order valence-corrected chi connectivity index (χ4v) is 1.84. The SMILES string of the molecule is OC(Cc1ccncc1)c1occc1Br. The number of halogens is 1. The molecule has 4 heteroatoms. The van der Waals surface area contributed by atoms with Crippen LogP contribution in [0.3, 0.4) is 0 Å². The Morgan fingerprint density at radius 1 is 1.33 bits per heavy atom. The summed E-state index contributed by atoms with van der Waals surface area (Å²) in [5.41, 5.74) is 1.03. The zero-order valence-corrected chi connectivity index (χ0v) is 9.52. The van der Waals surface area contributed by atoms with Crippen molar-refractivity contribution in [2.75, 3.05) is 0 Å². The first-order chi connectivity index (χ1) is 7.27. The lowest BCUT2D eigenvalue weighted by atomic mass is 10.1. The van der Waals surface area contributed by atoms with Crippen LogP contribution >= 0.6 is 15.9 Å². The van der Waals surface area contributed by atoms with Crippen molar-refractivity contribution < 1.29 is 9.52 Å². The standard InChI is InChI=1S/C11H10BrNO2/c12-9-3-6-15-11(9)10(14)7-8-1-4-13-5-2-8/h1-6,10,14H,7H2. The van der Waals surface area contributed by atoms with Crippen molar-refractivity contribution >= 4 is 15.9 Å². The highest BCUT2D eigenvalue weighted by Crippen LogP contribution is 2.26. The molecule has 2 aromatic rings. The molecule has 0 aromatic carbocycles. The maximum atomic E-state index is 9.90. The predicted octanol–water partition coefficient (Wildman–Crippen LogP) is 2.71. The molecule has 0 saturated heterocycles. The summed E-state index contributed by atoms with van der Waals surface area (Å²) in [6.07, 6.45) is 4.86. The van der Waals surface area contributed by atoms with Gasteiger partial charge in [-0.2, -0.15) is 0 Å². The molecule has 78 valence electrons. The van der Waals surface area contributed by atoms with E-state index in [4.69, 9.17) is 4.42 Å². The largest absolute Gasteiger partial charge is 0.465 e. The van der Waals surface area contributed by atoms with Gasteiger partial charge in [-0.15, -0.1) is 0 Å². The normalized spacial score (nSPS) is 12.7. The lowest BCUT2D eigenvalue weighted by Crippen LogP contribution is -2.01. The second-order valence-electron chi connectivity index (χ2n) is 3.21. The summed E-state index contributed by atoms with van der Waals surface area (Å²) in [6, 6.07) is 5.52. The molecule has 3 nitrogen and oxygen atoms in total. The van der Waals surface area contributed by atoms with E-state index in [-0.39, 0.29) is 0 Å². The Bertz CT molecular complexity index is 427. The Morgan fingerprint density at radius 2 is 2.07 bits per heavy atom. The van der Waals surface area contributed by atoms with Crippen LogP contribution in [0.2, 0.25) is 0 Å². The molecule has 0 radical (unpaired) electrons. The van der Waals surface area contributed by atoms with E-state index in [2.05, 4.69) is 20.9 Å². The third-order valence-electron chi connectivity index (χ3n) is 2.13. The maximum Gasteiger partial charge on any atom is 0.146 e. The van der Waals surface area contributed by atoms with Gasteiger partial charge in [0.05, 0.1) is 10.7 Å². The van der Waals surface area contributed by atoms with E-state index in [0.29, 0.717) is 12.2 Å². The van der Waals surface area contributed by atoms with Gasteiger partial charge < -0.3 is 9.52 Å². The van der Waals surface area contributed by atoms with E-state index in [1.807, 2.05) is 12.1 Å². The summed E-state index contributed by atoms with van der Waals surface area (Å²) >= 11 is 3.31. The molecular formula is C11H10BrNO2. The van der Waals surface area contributed by atoms with Gasteiger partial charge in [0.15, 0.2) is 0 Å². The fraction of sp³-hybridized carbons (Fsp3) is 0.182. The molecule has 0 amide bonds. The van der Waals surface area contributed by atoms with Gasteiger partial charge in [0.2, 0.25) is 0 Å². The Balaban J connectivity index is 2.11.